The molecule has 0 aliphatic heterocycles. The van der Waals surface area contributed by atoms with Gasteiger partial charge in [0.1, 0.15) is 5.69 Å². The molecule has 5 heteroatoms. The van der Waals surface area contributed by atoms with E-state index in [4.69, 9.17) is 17.3 Å². The van der Waals surface area contributed by atoms with Crippen molar-refractivity contribution in [2.45, 2.75) is 6.54 Å². The van der Waals surface area contributed by atoms with Crippen LogP contribution in [0.25, 0.3) is 0 Å². The minimum absolute atomic E-state index is 0.111. The molecule has 0 saturated carbocycles. The smallest absolute Gasteiger partial charge is 0.270 e. The first-order chi connectivity index (χ1) is 10.1. The number of H-pyrrole nitrogens is 1. The van der Waals surface area contributed by atoms with Crippen molar-refractivity contribution >= 4 is 17.5 Å². The molecule has 0 aliphatic rings. The highest BCUT2D eigenvalue weighted by Crippen LogP contribution is 2.13. The lowest BCUT2D eigenvalue weighted by Gasteiger charge is -2.16. The van der Waals surface area contributed by atoms with Gasteiger partial charge in [-0.05, 0) is 23.8 Å². The Hall–Kier alpha value is -2.22. The Balaban J connectivity index is 2.08. The molecule has 0 spiro atoms. The maximum atomic E-state index is 12.2. The molecule has 108 valence electrons. The summed E-state index contributed by atoms with van der Waals surface area (Å²) in [6.07, 6.45) is 1.59. The Kier molecular flexibility index (Phi) is 5.04. The highest BCUT2D eigenvalue weighted by Gasteiger charge is 2.13. The first kappa shape index (κ1) is 15.2. The van der Waals surface area contributed by atoms with Gasteiger partial charge in [-0.2, -0.15) is 0 Å². The number of rotatable bonds is 3. The lowest BCUT2D eigenvalue weighted by Crippen LogP contribution is -2.26. The zero-order valence-electron chi connectivity index (χ0n) is 11.7. The zero-order chi connectivity index (χ0) is 15.2. The van der Waals surface area contributed by atoms with Crippen molar-refractivity contribution in [1.82, 2.24) is 9.88 Å². The quantitative estimate of drug-likeness (QED) is 0.854. The first-order valence-corrected chi connectivity index (χ1v) is 6.85. The van der Waals surface area contributed by atoms with Gasteiger partial charge in [-0.3, -0.25) is 4.79 Å². The van der Waals surface area contributed by atoms with Gasteiger partial charge in [0.25, 0.3) is 5.91 Å². The molecule has 0 bridgehead atoms. The van der Waals surface area contributed by atoms with E-state index >= 15 is 0 Å². The van der Waals surface area contributed by atoms with Crippen LogP contribution in [-0.2, 0) is 6.54 Å². The van der Waals surface area contributed by atoms with Crippen LogP contribution in [0.3, 0.4) is 0 Å². The fourth-order valence-corrected chi connectivity index (χ4v) is 2.11. The molecule has 0 aliphatic carbocycles. The minimum Gasteiger partial charge on any atom is -0.356 e. The van der Waals surface area contributed by atoms with Gasteiger partial charge in [0.15, 0.2) is 0 Å². The molecule has 0 atom stereocenters. The number of hydrogen-bond acceptors (Lipinski definition) is 2. The van der Waals surface area contributed by atoms with E-state index in [1.165, 1.54) is 0 Å². The van der Waals surface area contributed by atoms with Crippen molar-refractivity contribution in [3.05, 3.63) is 58.4 Å². The summed E-state index contributed by atoms with van der Waals surface area (Å²) in [5, 5.41) is 0.519. The second-order valence-corrected chi connectivity index (χ2v) is 5.04. The van der Waals surface area contributed by atoms with Crippen LogP contribution in [0.2, 0.25) is 5.02 Å². The predicted molar refractivity (Wildman–Crippen MR) is 84.0 cm³/mol. The highest BCUT2D eigenvalue weighted by molar-refractivity contribution is 6.30. The monoisotopic (exact) mass is 301 g/mol. The molecule has 3 N–H and O–H groups in total. The van der Waals surface area contributed by atoms with Gasteiger partial charge in [0.05, 0.1) is 11.6 Å². The van der Waals surface area contributed by atoms with E-state index in [0.29, 0.717) is 23.8 Å². The molecular formula is C16H16ClN3O. The summed E-state index contributed by atoms with van der Waals surface area (Å²) in [5.74, 6) is 5.68. The van der Waals surface area contributed by atoms with Crippen molar-refractivity contribution in [3.63, 3.8) is 0 Å². The van der Waals surface area contributed by atoms with E-state index in [-0.39, 0.29) is 5.91 Å². The van der Waals surface area contributed by atoms with Crippen LogP contribution in [0, 0.1) is 11.8 Å². The van der Waals surface area contributed by atoms with Crippen LogP contribution < -0.4 is 5.73 Å². The molecule has 1 aromatic heterocycles. The van der Waals surface area contributed by atoms with Crippen LogP contribution in [0.1, 0.15) is 21.6 Å². The van der Waals surface area contributed by atoms with Crippen LogP contribution >= 0.6 is 11.6 Å². The van der Waals surface area contributed by atoms with Gasteiger partial charge in [-0.1, -0.05) is 35.6 Å². The van der Waals surface area contributed by atoms with Crippen LogP contribution in [0.15, 0.2) is 36.5 Å². The zero-order valence-corrected chi connectivity index (χ0v) is 12.4. The normalized spacial score (nSPS) is 9.86. The summed E-state index contributed by atoms with van der Waals surface area (Å²) in [4.78, 5) is 16.7. The summed E-state index contributed by atoms with van der Waals surface area (Å²) in [6.45, 7) is 0.823. The number of aromatic amines is 1. The molecule has 0 fully saturated rings. The van der Waals surface area contributed by atoms with Gasteiger partial charge in [-0.25, -0.2) is 0 Å². The molecule has 2 rings (SSSR count). The maximum Gasteiger partial charge on any atom is 0.270 e. The first-order valence-electron chi connectivity index (χ1n) is 6.47. The third-order valence-electron chi connectivity index (χ3n) is 2.91. The molecule has 21 heavy (non-hydrogen) atoms. The molecule has 0 unspecified atom stereocenters. The molecule has 2 aromatic rings. The minimum atomic E-state index is -0.111. The van der Waals surface area contributed by atoms with Crippen LogP contribution in [0.4, 0.5) is 0 Å². The number of aromatic nitrogens is 1. The number of amides is 1. The lowest BCUT2D eigenvalue weighted by atomic mass is 10.1. The second kappa shape index (κ2) is 6.98. The van der Waals surface area contributed by atoms with Gasteiger partial charge in [0, 0.05) is 25.4 Å². The van der Waals surface area contributed by atoms with Crippen molar-refractivity contribution in [2.75, 3.05) is 13.6 Å². The predicted octanol–water partition coefficient (Wildman–Crippen LogP) is 2.25. The maximum absolute atomic E-state index is 12.2. The number of carbonyl (C=O) groups is 1. The van der Waals surface area contributed by atoms with Gasteiger partial charge >= 0.3 is 0 Å². The van der Waals surface area contributed by atoms with Crippen LogP contribution in [-0.4, -0.2) is 29.4 Å². The Morgan fingerprint density at radius 3 is 2.90 bits per heavy atom. The van der Waals surface area contributed by atoms with E-state index < -0.39 is 0 Å². The average Bonchev–Trinajstić information content (AvgIpc) is 2.91. The average molecular weight is 302 g/mol. The van der Waals surface area contributed by atoms with Crippen molar-refractivity contribution in [2.24, 2.45) is 5.73 Å². The van der Waals surface area contributed by atoms with Crippen LogP contribution in [0.5, 0.6) is 0 Å². The van der Waals surface area contributed by atoms with E-state index in [2.05, 4.69) is 16.8 Å². The molecule has 1 heterocycles. The molecule has 4 nitrogen and oxygen atoms in total. The third-order valence-corrected chi connectivity index (χ3v) is 3.12. The fourth-order valence-electron chi connectivity index (χ4n) is 1.94. The molecular weight excluding hydrogens is 286 g/mol. The van der Waals surface area contributed by atoms with E-state index in [1.807, 2.05) is 24.3 Å². The SMILES string of the molecule is CN(Cc1cccc(C#CCN)c1)C(=O)c1cc(Cl)c[nH]1. The molecule has 1 aromatic carbocycles. The molecule has 0 radical (unpaired) electrons. The number of benzene rings is 1. The molecule has 0 saturated heterocycles. The highest BCUT2D eigenvalue weighted by atomic mass is 35.5. The Morgan fingerprint density at radius 1 is 1.43 bits per heavy atom. The molecule has 1 amide bonds. The van der Waals surface area contributed by atoms with Crippen molar-refractivity contribution < 1.29 is 4.79 Å². The summed E-state index contributed by atoms with van der Waals surface area (Å²) >= 11 is 5.81. The summed E-state index contributed by atoms with van der Waals surface area (Å²) in [6, 6.07) is 9.36. The topological polar surface area (TPSA) is 62.1 Å². The Morgan fingerprint density at radius 2 is 2.24 bits per heavy atom. The standard InChI is InChI=1S/C16H16ClN3O/c1-20(16(21)15-9-14(17)10-19-15)11-13-5-2-4-12(8-13)6-3-7-18/h2,4-5,8-10,19H,7,11,18H2,1H3. The summed E-state index contributed by atoms with van der Waals surface area (Å²) in [5.41, 5.74) is 7.73. The van der Waals surface area contributed by atoms with E-state index in [1.54, 1.807) is 24.2 Å². The second-order valence-electron chi connectivity index (χ2n) is 4.60. The van der Waals surface area contributed by atoms with E-state index in [9.17, 15) is 4.79 Å². The number of halogens is 1. The third kappa shape index (κ3) is 4.12. The summed E-state index contributed by atoms with van der Waals surface area (Å²) < 4.78 is 0. The lowest BCUT2D eigenvalue weighted by molar-refractivity contribution is 0.0780. The summed E-state index contributed by atoms with van der Waals surface area (Å²) in [7, 11) is 1.75. The fraction of sp³-hybridized carbons (Fsp3) is 0.188. The number of nitrogens with one attached hydrogen (secondary N) is 1. The van der Waals surface area contributed by atoms with Gasteiger partial charge in [-0.15, -0.1) is 0 Å². The van der Waals surface area contributed by atoms with Gasteiger partial charge < -0.3 is 15.6 Å². The van der Waals surface area contributed by atoms with Crippen molar-refractivity contribution in [1.29, 1.82) is 0 Å². The number of carbonyl (C=O) groups excluding carboxylic acids is 1. The van der Waals surface area contributed by atoms with Gasteiger partial charge in [0.2, 0.25) is 0 Å². The van der Waals surface area contributed by atoms with E-state index in [0.717, 1.165) is 11.1 Å². The largest absolute Gasteiger partial charge is 0.356 e. The number of nitrogens with zero attached hydrogens (tertiary/aromatic N) is 1. The van der Waals surface area contributed by atoms with Crippen molar-refractivity contribution in [3.8, 4) is 11.8 Å². The Labute approximate surface area is 128 Å². The number of nitrogens with two attached hydrogens (primary N) is 1. The number of hydrogen-bond donors (Lipinski definition) is 2. The Bertz CT molecular complexity index is 697.